The maximum Gasteiger partial charge on any atom is 0.339 e. The molecule has 0 fully saturated rings. The average molecular weight is 389 g/mol. The van der Waals surface area contributed by atoms with Crippen LogP contribution in [0.25, 0.3) is 0 Å². The number of anilines is 1. The Kier molecular flexibility index (Phi) is 6.58. The summed E-state index contributed by atoms with van der Waals surface area (Å²) in [7, 11) is 1.26. The van der Waals surface area contributed by atoms with Crippen molar-refractivity contribution in [3.63, 3.8) is 0 Å². The molecule has 0 unspecified atom stereocenters. The van der Waals surface area contributed by atoms with Gasteiger partial charge in [0.05, 0.1) is 18.4 Å². The normalized spacial score (nSPS) is 10.8. The minimum atomic E-state index is -1.35. The van der Waals surface area contributed by atoms with Crippen LogP contribution in [0.3, 0.4) is 0 Å². The van der Waals surface area contributed by atoms with Gasteiger partial charge in [-0.3, -0.25) is 9.59 Å². The zero-order valence-corrected chi connectivity index (χ0v) is 16.1. The van der Waals surface area contributed by atoms with Gasteiger partial charge in [0.1, 0.15) is 5.41 Å². The first-order valence-electron chi connectivity index (χ1n) is 8.27. The predicted octanol–water partition coefficient (Wildman–Crippen LogP) is 3.41. The fourth-order valence-corrected chi connectivity index (χ4v) is 2.39. The Hall–Kier alpha value is -2.86. The topological polar surface area (TPSA) is 84.5 Å². The Labute approximate surface area is 162 Å². The highest BCUT2D eigenvalue weighted by Crippen LogP contribution is 2.22. The lowest BCUT2D eigenvalue weighted by atomic mass is 9.90. The summed E-state index contributed by atoms with van der Waals surface area (Å²) >= 11 is 5.84. The Morgan fingerprint density at radius 3 is 2.26 bits per heavy atom. The van der Waals surface area contributed by atoms with Gasteiger partial charge in [-0.25, -0.2) is 4.79 Å². The highest BCUT2D eigenvalue weighted by Gasteiger charge is 2.36. The molecule has 2 aromatic rings. The molecule has 0 spiro atoms. The second-order valence-electron chi connectivity index (χ2n) is 6.43. The van der Waals surface area contributed by atoms with E-state index in [1.165, 1.54) is 27.0 Å². The smallest absolute Gasteiger partial charge is 0.339 e. The number of esters is 1. The predicted molar refractivity (Wildman–Crippen MR) is 103 cm³/mol. The molecule has 27 heavy (non-hydrogen) atoms. The van der Waals surface area contributed by atoms with Gasteiger partial charge in [0.2, 0.25) is 11.8 Å². The Morgan fingerprint density at radius 2 is 1.63 bits per heavy atom. The van der Waals surface area contributed by atoms with Crippen molar-refractivity contribution in [1.29, 1.82) is 0 Å². The Morgan fingerprint density at radius 1 is 1.00 bits per heavy atom. The van der Waals surface area contributed by atoms with Crippen LogP contribution in [-0.4, -0.2) is 24.9 Å². The molecule has 0 heterocycles. The molecule has 2 amide bonds. The molecule has 0 saturated carbocycles. The summed E-state index contributed by atoms with van der Waals surface area (Å²) in [5.41, 5.74) is 0.00832. The van der Waals surface area contributed by atoms with Crippen LogP contribution in [0.1, 0.15) is 29.8 Å². The number of nitrogens with one attached hydrogen (secondary N) is 2. The Bertz CT molecular complexity index is 847. The van der Waals surface area contributed by atoms with Crippen molar-refractivity contribution in [3.05, 3.63) is 64.7 Å². The monoisotopic (exact) mass is 388 g/mol. The number of carbonyl (C=O) groups is 3. The van der Waals surface area contributed by atoms with Crippen LogP contribution in [0.2, 0.25) is 5.02 Å². The highest BCUT2D eigenvalue weighted by atomic mass is 35.5. The lowest BCUT2D eigenvalue weighted by molar-refractivity contribution is -0.138. The van der Waals surface area contributed by atoms with Crippen LogP contribution in [0, 0.1) is 5.41 Å². The zero-order valence-electron chi connectivity index (χ0n) is 15.3. The SMILES string of the molecule is COC(=O)c1ccccc1NC(=O)C(C)(C)C(=O)NCc1ccc(Cl)cc1. The van der Waals surface area contributed by atoms with Gasteiger partial charge in [-0.1, -0.05) is 35.9 Å². The van der Waals surface area contributed by atoms with E-state index in [2.05, 4.69) is 10.6 Å². The number of para-hydroxylation sites is 1. The van der Waals surface area contributed by atoms with Crippen molar-refractivity contribution in [2.24, 2.45) is 5.41 Å². The molecule has 0 aliphatic rings. The number of amides is 2. The molecule has 7 heteroatoms. The van der Waals surface area contributed by atoms with Crippen LogP contribution >= 0.6 is 11.6 Å². The fourth-order valence-electron chi connectivity index (χ4n) is 2.27. The quantitative estimate of drug-likeness (QED) is 0.586. The van der Waals surface area contributed by atoms with Crippen molar-refractivity contribution in [1.82, 2.24) is 5.32 Å². The number of rotatable bonds is 6. The molecule has 0 aliphatic carbocycles. The first-order valence-corrected chi connectivity index (χ1v) is 8.65. The fraction of sp³-hybridized carbons (Fsp3) is 0.250. The van der Waals surface area contributed by atoms with Gasteiger partial charge in [0.25, 0.3) is 0 Å². The second-order valence-corrected chi connectivity index (χ2v) is 6.86. The Balaban J connectivity index is 2.07. The second kappa shape index (κ2) is 8.68. The first kappa shape index (κ1) is 20.5. The van der Waals surface area contributed by atoms with Gasteiger partial charge < -0.3 is 15.4 Å². The third-order valence-electron chi connectivity index (χ3n) is 4.08. The van der Waals surface area contributed by atoms with E-state index >= 15 is 0 Å². The number of methoxy groups -OCH3 is 1. The highest BCUT2D eigenvalue weighted by molar-refractivity contribution is 6.30. The maximum atomic E-state index is 12.7. The summed E-state index contributed by atoms with van der Waals surface area (Å²) in [6.45, 7) is 3.30. The summed E-state index contributed by atoms with van der Waals surface area (Å²) in [5.74, 6) is -1.55. The van der Waals surface area contributed by atoms with Gasteiger partial charge >= 0.3 is 5.97 Å². The molecule has 0 bridgehead atoms. The third kappa shape index (κ3) is 5.08. The number of carbonyl (C=O) groups excluding carboxylic acids is 3. The van der Waals surface area contributed by atoms with Gasteiger partial charge in [0, 0.05) is 11.6 Å². The zero-order chi connectivity index (χ0) is 20.0. The molecule has 2 N–H and O–H groups in total. The van der Waals surface area contributed by atoms with E-state index in [1.807, 2.05) is 0 Å². The van der Waals surface area contributed by atoms with Gasteiger partial charge in [0.15, 0.2) is 0 Å². The van der Waals surface area contributed by atoms with Gasteiger partial charge in [-0.15, -0.1) is 0 Å². The standard InChI is InChI=1S/C20H21ClN2O4/c1-20(2,18(25)22-12-13-8-10-14(21)11-9-13)19(26)23-16-7-5-4-6-15(16)17(24)27-3/h4-11H,12H2,1-3H3,(H,22,25)(H,23,26). The maximum absolute atomic E-state index is 12.7. The third-order valence-corrected chi connectivity index (χ3v) is 4.33. The van der Waals surface area contributed by atoms with E-state index in [0.29, 0.717) is 5.02 Å². The molecule has 2 rings (SSSR count). The van der Waals surface area contributed by atoms with E-state index in [1.54, 1.807) is 42.5 Å². The summed E-state index contributed by atoms with van der Waals surface area (Å²) in [4.78, 5) is 37.0. The van der Waals surface area contributed by atoms with E-state index in [4.69, 9.17) is 16.3 Å². The lowest BCUT2D eigenvalue weighted by Crippen LogP contribution is -2.45. The number of halogens is 1. The molecule has 6 nitrogen and oxygen atoms in total. The van der Waals surface area contributed by atoms with E-state index in [0.717, 1.165) is 5.56 Å². The van der Waals surface area contributed by atoms with Crippen LogP contribution in [-0.2, 0) is 20.9 Å². The van der Waals surface area contributed by atoms with E-state index < -0.39 is 23.2 Å². The average Bonchev–Trinajstić information content (AvgIpc) is 2.67. The van der Waals surface area contributed by atoms with Crippen molar-refractivity contribution in [2.45, 2.75) is 20.4 Å². The molecule has 0 aliphatic heterocycles. The molecule has 142 valence electrons. The largest absolute Gasteiger partial charge is 0.465 e. The molecule has 0 aromatic heterocycles. The van der Waals surface area contributed by atoms with Crippen LogP contribution < -0.4 is 10.6 Å². The lowest BCUT2D eigenvalue weighted by Gasteiger charge is -2.23. The number of benzene rings is 2. The van der Waals surface area contributed by atoms with E-state index in [9.17, 15) is 14.4 Å². The molecule has 0 radical (unpaired) electrons. The molecule has 0 saturated heterocycles. The van der Waals surface area contributed by atoms with Gasteiger partial charge in [-0.05, 0) is 43.7 Å². The van der Waals surface area contributed by atoms with Crippen molar-refractivity contribution < 1.29 is 19.1 Å². The van der Waals surface area contributed by atoms with E-state index in [-0.39, 0.29) is 17.8 Å². The molecule has 0 atom stereocenters. The van der Waals surface area contributed by atoms with Crippen molar-refractivity contribution >= 4 is 35.1 Å². The molecular weight excluding hydrogens is 368 g/mol. The van der Waals surface area contributed by atoms with Gasteiger partial charge in [-0.2, -0.15) is 0 Å². The minimum absolute atomic E-state index is 0.214. The van der Waals surface area contributed by atoms with Crippen LogP contribution in [0.4, 0.5) is 5.69 Å². The summed E-state index contributed by atoms with van der Waals surface area (Å²) in [5, 5.41) is 5.98. The van der Waals surface area contributed by atoms with Crippen molar-refractivity contribution in [2.75, 3.05) is 12.4 Å². The molecular formula is C20H21ClN2O4. The van der Waals surface area contributed by atoms with Crippen LogP contribution in [0.5, 0.6) is 0 Å². The number of hydrogen-bond donors (Lipinski definition) is 2. The minimum Gasteiger partial charge on any atom is -0.465 e. The van der Waals surface area contributed by atoms with Crippen LogP contribution in [0.15, 0.2) is 48.5 Å². The summed E-state index contributed by atoms with van der Waals surface area (Å²) < 4.78 is 4.71. The first-order chi connectivity index (χ1) is 12.8. The molecule has 2 aromatic carbocycles. The number of hydrogen-bond acceptors (Lipinski definition) is 4. The summed E-state index contributed by atoms with van der Waals surface area (Å²) in [6.07, 6.45) is 0. The van der Waals surface area contributed by atoms with Crippen molar-refractivity contribution in [3.8, 4) is 0 Å². The summed E-state index contributed by atoms with van der Waals surface area (Å²) in [6, 6.07) is 13.5. The number of ether oxygens (including phenoxy) is 1.